The number of hydrogen-bond donors (Lipinski definition) is 3. The van der Waals surface area contributed by atoms with E-state index in [2.05, 4.69) is 15.4 Å². The number of amides is 2. The Labute approximate surface area is 117 Å². The summed E-state index contributed by atoms with van der Waals surface area (Å²) in [6.45, 7) is 2.46. The lowest BCUT2D eigenvalue weighted by Crippen LogP contribution is -2.51. The highest BCUT2D eigenvalue weighted by Gasteiger charge is 2.33. The molecule has 0 spiro atoms. The standard InChI is InChI=1S/C12H13F3N2O4/c1-11(2,9(18)19)17-10(20)16-7-5-3-4-6-8(7)21-12(13,14)15/h3-6H,1-2H3,(H,18,19)(H2,16,17,20). The molecule has 0 saturated carbocycles. The maximum Gasteiger partial charge on any atom is 0.573 e. The number of hydrogen-bond acceptors (Lipinski definition) is 3. The number of anilines is 1. The van der Waals surface area contributed by atoms with Crippen molar-refractivity contribution in [2.45, 2.75) is 25.7 Å². The fraction of sp³-hybridized carbons (Fsp3) is 0.333. The minimum Gasteiger partial charge on any atom is -0.480 e. The molecule has 0 aliphatic carbocycles. The second kappa shape index (κ2) is 5.90. The van der Waals surface area contributed by atoms with E-state index in [0.717, 1.165) is 6.07 Å². The molecule has 21 heavy (non-hydrogen) atoms. The minimum absolute atomic E-state index is 0.242. The Balaban J connectivity index is 2.84. The summed E-state index contributed by atoms with van der Waals surface area (Å²) in [7, 11) is 0. The Bertz CT molecular complexity index is 544. The first-order chi connectivity index (χ1) is 9.51. The van der Waals surface area contributed by atoms with Gasteiger partial charge in [-0.25, -0.2) is 9.59 Å². The van der Waals surface area contributed by atoms with Crippen molar-refractivity contribution in [3.8, 4) is 5.75 Å². The van der Waals surface area contributed by atoms with Crippen LogP contribution in [0, 0.1) is 0 Å². The van der Waals surface area contributed by atoms with E-state index in [1.165, 1.54) is 32.0 Å². The molecule has 0 saturated heterocycles. The molecule has 0 heterocycles. The van der Waals surface area contributed by atoms with Gasteiger partial charge in [-0.3, -0.25) is 0 Å². The maximum atomic E-state index is 12.2. The molecule has 9 heteroatoms. The smallest absolute Gasteiger partial charge is 0.480 e. The Hall–Kier alpha value is -2.45. The number of carboxylic acid groups (broad SMARTS) is 1. The summed E-state index contributed by atoms with van der Waals surface area (Å²) in [6.07, 6.45) is -4.91. The third-order valence-electron chi connectivity index (χ3n) is 2.32. The fourth-order valence-corrected chi connectivity index (χ4v) is 1.27. The fourth-order valence-electron chi connectivity index (χ4n) is 1.27. The molecule has 3 N–H and O–H groups in total. The molecule has 2 amide bonds. The Morgan fingerprint density at radius 1 is 1.19 bits per heavy atom. The molecule has 0 bridgehead atoms. The average molecular weight is 306 g/mol. The van der Waals surface area contributed by atoms with E-state index in [0.29, 0.717) is 0 Å². The summed E-state index contributed by atoms with van der Waals surface area (Å²) in [5.74, 6) is -1.90. The van der Waals surface area contributed by atoms with Crippen molar-refractivity contribution in [2.24, 2.45) is 0 Å². The molecule has 1 aromatic rings. The summed E-state index contributed by atoms with van der Waals surface area (Å²) in [5.41, 5.74) is -1.82. The van der Waals surface area contributed by atoms with Gasteiger partial charge in [-0.1, -0.05) is 12.1 Å². The van der Waals surface area contributed by atoms with Crippen LogP contribution in [0.3, 0.4) is 0 Å². The van der Waals surface area contributed by atoms with E-state index in [4.69, 9.17) is 5.11 Å². The first kappa shape index (κ1) is 16.6. The van der Waals surface area contributed by atoms with Gasteiger partial charge < -0.3 is 20.5 Å². The summed E-state index contributed by atoms with van der Waals surface area (Å²) >= 11 is 0. The van der Waals surface area contributed by atoms with E-state index in [-0.39, 0.29) is 5.69 Å². The highest BCUT2D eigenvalue weighted by Crippen LogP contribution is 2.29. The van der Waals surface area contributed by atoms with Crippen LogP contribution in [-0.2, 0) is 4.79 Å². The Morgan fingerprint density at radius 3 is 2.29 bits per heavy atom. The monoisotopic (exact) mass is 306 g/mol. The largest absolute Gasteiger partial charge is 0.573 e. The van der Waals surface area contributed by atoms with Crippen molar-refractivity contribution >= 4 is 17.7 Å². The number of carbonyl (C=O) groups excluding carboxylic acids is 1. The van der Waals surface area contributed by atoms with Gasteiger partial charge in [0.05, 0.1) is 5.69 Å². The van der Waals surface area contributed by atoms with Crippen LogP contribution in [0.5, 0.6) is 5.75 Å². The van der Waals surface area contributed by atoms with E-state index in [1.54, 1.807) is 0 Å². The van der Waals surface area contributed by atoms with Crippen LogP contribution in [0.2, 0.25) is 0 Å². The number of nitrogens with one attached hydrogen (secondary N) is 2. The van der Waals surface area contributed by atoms with Gasteiger partial charge in [0, 0.05) is 0 Å². The molecular formula is C12H13F3N2O4. The minimum atomic E-state index is -4.91. The molecule has 0 radical (unpaired) electrons. The van der Waals surface area contributed by atoms with Gasteiger partial charge >= 0.3 is 18.4 Å². The predicted octanol–water partition coefficient (Wildman–Crippen LogP) is 2.57. The number of ether oxygens (including phenoxy) is 1. The van der Waals surface area contributed by atoms with Crippen molar-refractivity contribution in [2.75, 3.05) is 5.32 Å². The average Bonchev–Trinajstić information content (AvgIpc) is 2.28. The maximum absolute atomic E-state index is 12.2. The number of halogens is 3. The summed E-state index contributed by atoms with van der Waals surface area (Å²) in [6, 6.07) is 3.92. The molecule has 0 aliphatic rings. The first-order valence-corrected chi connectivity index (χ1v) is 5.68. The molecule has 6 nitrogen and oxygen atoms in total. The Morgan fingerprint density at radius 2 is 1.76 bits per heavy atom. The number of para-hydroxylation sites is 2. The topological polar surface area (TPSA) is 87.7 Å². The molecule has 0 atom stereocenters. The van der Waals surface area contributed by atoms with Crippen LogP contribution >= 0.6 is 0 Å². The molecule has 116 valence electrons. The number of aliphatic carboxylic acids is 1. The molecule has 0 aromatic heterocycles. The molecule has 1 aromatic carbocycles. The number of rotatable bonds is 4. The zero-order valence-electron chi connectivity index (χ0n) is 11.1. The van der Waals surface area contributed by atoms with Gasteiger partial charge in [-0.15, -0.1) is 13.2 Å². The normalized spacial score (nSPS) is 11.7. The van der Waals surface area contributed by atoms with Crippen LogP contribution in [0.15, 0.2) is 24.3 Å². The zero-order chi connectivity index (χ0) is 16.3. The second-order valence-electron chi connectivity index (χ2n) is 4.55. The third kappa shape index (κ3) is 5.21. The van der Waals surface area contributed by atoms with E-state index in [1.807, 2.05) is 0 Å². The lowest BCUT2D eigenvalue weighted by atomic mass is 10.1. The van der Waals surface area contributed by atoms with E-state index in [9.17, 15) is 22.8 Å². The number of urea groups is 1. The summed E-state index contributed by atoms with van der Waals surface area (Å²) < 4.78 is 40.4. The van der Waals surface area contributed by atoms with Gasteiger partial charge in [0.25, 0.3) is 0 Å². The van der Waals surface area contributed by atoms with Crippen molar-refractivity contribution in [3.05, 3.63) is 24.3 Å². The van der Waals surface area contributed by atoms with Crippen molar-refractivity contribution in [1.29, 1.82) is 0 Å². The van der Waals surface area contributed by atoms with Gasteiger partial charge in [0.2, 0.25) is 0 Å². The quantitative estimate of drug-likeness (QED) is 0.798. The molecule has 0 aliphatic heterocycles. The highest BCUT2D eigenvalue weighted by atomic mass is 19.4. The lowest BCUT2D eigenvalue weighted by molar-refractivity contribution is -0.274. The van der Waals surface area contributed by atoms with Crippen LogP contribution in [-0.4, -0.2) is 29.0 Å². The molecule has 1 rings (SSSR count). The summed E-state index contributed by atoms with van der Waals surface area (Å²) in [5, 5.41) is 13.1. The molecule has 0 unspecified atom stereocenters. The van der Waals surface area contributed by atoms with Crippen molar-refractivity contribution in [3.63, 3.8) is 0 Å². The number of carbonyl (C=O) groups is 2. The van der Waals surface area contributed by atoms with Gasteiger partial charge in [0.1, 0.15) is 5.54 Å². The van der Waals surface area contributed by atoms with Gasteiger partial charge in [-0.05, 0) is 26.0 Å². The van der Waals surface area contributed by atoms with Crippen molar-refractivity contribution < 1.29 is 32.6 Å². The van der Waals surface area contributed by atoms with E-state index < -0.39 is 29.7 Å². The predicted molar refractivity (Wildman–Crippen MR) is 67.0 cm³/mol. The second-order valence-corrected chi connectivity index (χ2v) is 4.55. The zero-order valence-corrected chi connectivity index (χ0v) is 11.1. The van der Waals surface area contributed by atoms with Crippen LogP contribution in [0.1, 0.15) is 13.8 Å². The molecular weight excluding hydrogens is 293 g/mol. The number of alkyl halides is 3. The van der Waals surface area contributed by atoms with Gasteiger partial charge in [0.15, 0.2) is 5.75 Å². The van der Waals surface area contributed by atoms with Crippen molar-refractivity contribution in [1.82, 2.24) is 5.32 Å². The molecule has 0 fully saturated rings. The van der Waals surface area contributed by atoms with Crippen LogP contribution in [0.4, 0.5) is 23.7 Å². The van der Waals surface area contributed by atoms with Crippen LogP contribution < -0.4 is 15.4 Å². The SMILES string of the molecule is CC(C)(NC(=O)Nc1ccccc1OC(F)(F)F)C(=O)O. The number of carboxylic acids is 1. The Kier molecular flexibility index (Phi) is 4.66. The summed E-state index contributed by atoms with van der Waals surface area (Å²) in [4.78, 5) is 22.5. The van der Waals surface area contributed by atoms with Crippen LogP contribution in [0.25, 0.3) is 0 Å². The number of benzene rings is 1. The van der Waals surface area contributed by atoms with E-state index >= 15 is 0 Å². The highest BCUT2D eigenvalue weighted by molar-refractivity contribution is 5.94. The van der Waals surface area contributed by atoms with Gasteiger partial charge in [-0.2, -0.15) is 0 Å². The third-order valence-corrected chi connectivity index (χ3v) is 2.32. The first-order valence-electron chi connectivity index (χ1n) is 5.68. The lowest BCUT2D eigenvalue weighted by Gasteiger charge is -2.21.